The zero-order chi connectivity index (χ0) is 13.9. The van der Waals surface area contributed by atoms with Crippen molar-refractivity contribution in [3.63, 3.8) is 0 Å². The summed E-state index contributed by atoms with van der Waals surface area (Å²) in [5, 5.41) is 0. The third kappa shape index (κ3) is 2.80. The highest BCUT2D eigenvalue weighted by molar-refractivity contribution is 5.67. The van der Waals surface area contributed by atoms with E-state index in [4.69, 9.17) is 4.74 Å². The second-order valence-corrected chi connectivity index (χ2v) is 5.83. The van der Waals surface area contributed by atoms with Gasteiger partial charge in [0.2, 0.25) is 0 Å². The van der Waals surface area contributed by atoms with Crippen molar-refractivity contribution in [1.82, 2.24) is 9.80 Å². The minimum Gasteiger partial charge on any atom is -0.445 e. The summed E-state index contributed by atoms with van der Waals surface area (Å²) < 4.78 is 5.43. The largest absolute Gasteiger partial charge is 0.445 e. The lowest BCUT2D eigenvalue weighted by molar-refractivity contribution is 0.0926. The van der Waals surface area contributed by atoms with Crippen molar-refractivity contribution in [2.75, 3.05) is 20.1 Å². The van der Waals surface area contributed by atoms with Gasteiger partial charge in [-0.15, -0.1) is 0 Å². The second kappa shape index (κ2) is 5.83. The first-order chi connectivity index (χ1) is 9.74. The molecule has 0 saturated carbocycles. The van der Waals surface area contributed by atoms with Gasteiger partial charge < -0.3 is 9.64 Å². The lowest BCUT2D eigenvalue weighted by Gasteiger charge is -2.25. The van der Waals surface area contributed by atoms with Crippen molar-refractivity contribution < 1.29 is 9.53 Å². The van der Waals surface area contributed by atoms with E-state index in [0.717, 1.165) is 25.1 Å². The number of amides is 1. The zero-order valence-corrected chi connectivity index (χ0v) is 12.0. The van der Waals surface area contributed by atoms with Gasteiger partial charge in [0.1, 0.15) is 6.61 Å². The van der Waals surface area contributed by atoms with Gasteiger partial charge in [-0.3, -0.25) is 4.90 Å². The Balaban J connectivity index is 1.55. The Hall–Kier alpha value is -1.55. The van der Waals surface area contributed by atoms with Gasteiger partial charge >= 0.3 is 6.09 Å². The van der Waals surface area contributed by atoms with Crippen LogP contribution in [0.1, 0.15) is 24.8 Å². The van der Waals surface area contributed by atoms with Crippen LogP contribution in [0.15, 0.2) is 30.3 Å². The summed E-state index contributed by atoms with van der Waals surface area (Å²) in [5.74, 6) is 0. The summed E-state index contributed by atoms with van der Waals surface area (Å²) in [4.78, 5) is 16.5. The third-order valence-electron chi connectivity index (χ3n) is 4.61. The molecule has 2 fully saturated rings. The van der Waals surface area contributed by atoms with Crippen molar-refractivity contribution >= 4 is 6.09 Å². The highest BCUT2D eigenvalue weighted by Crippen LogP contribution is 2.28. The molecule has 0 radical (unpaired) electrons. The standard InChI is InChI=1S/C16H22N2O2/c1-17-14-7-8-15(17)11-18(10-9-14)16(19)20-12-13-5-3-2-4-6-13/h2-6,14-15H,7-12H2,1H3. The first kappa shape index (κ1) is 13.4. The minimum atomic E-state index is -0.171. The maximum Gasteiger partial charge on any atom is 0.410 e. The van der Waals surface area contributed by atoms with E-state index in [0.29, 0.717) is 18.7 Å². The molecule has 4 nitrogen and oxygen atoms in total. The molecule has 0 spiro atoms. The van der Waals surface area contributed by atoms with E-state index in [1.807, 2.05) is 35.2 Å². The molecule has 2 aliphatic heterocycles. The third-order valence-corrected chi connectivity index (χ3v) is 4.61. The smallest absolute Gasteiger partial charge is 0.410 e. The fourth-order valence-electron chi connectivity index (χ4n) is 3.29. The summed E-state index contributed by atoms with van der Waals surface area (Å²) >= 11 is 0. The first-order valence-electron chi connectivity index (χ1n) is 7.41. The molecular weight excluding hydrogens is 252 g/mol. The normalized spacial score (nSPS) is 26.4. The Bertz CT molecular complexity index is 463. The van der Waals surface area contributed by atoms with Gasteiger partial charge in [0, 0.05) is 25.2 Å². The van der Waals surface area contributed by atoms with Crippen LogP contribution in [-0.2, 0) is 11.3 Å². The summed E-state index contributed by atoms with van der Waals surface area (Å²) in [7, 11) is 2.18. The number of nitrogens with zero attached hydrogens (tertiary/aromatic N) is 2. The molecule has 1 amide bonds. The summed E-state index contributed by atoms with van der Waals surface area (Å²) in [5.41, 5.74) is 1.04. The molecule has 1 aromatic carbocycles. The molecule has 3 rings (SSSR count). The van der Waals surface area contributed by atoms with E-state index in [-0.39, 0.29) is 6.09 Å². The molecule has 0 N–H and O–H groups in total. The summed E-state index contributed by atoms with van der Waals surface area (Å²) in [6, 6.07) is 11.0. The van der Waals surface area contributed by atoms with Crippen LogP contribution in [0.25, 0.3) is 0 Å². The van der Waals surface area contributed by atoms with Crippen LogP contribution in [-0.4, -0.2) is 48.1 Å². The summed E-state index contributed by atoms with van der Waals surface area (Å²) in [6.45, 7) is 1.99. The average Bonchev–Trinajstić information content (AvgIpc) is 2.71. The fraction of sp³-hybridized carbons (Fsp3) is 0.562. The first-order valence-corrected chi connectivity index (χ1v) is 7.41. The minimum absolute atomic E-state index is 0.171. The fourth-order valence-corrected chi connectivity index (χ4v) is 3.29. The molecule has 4 heteroatoms. The molecule has 1 aromatic rings. The maximum absolute atomic E-state index is 12.2. The number of likely N-dealkylation sites (tertiary alicyclic amines) is 1. The van der Waals surface area contributed by atoms with Crippen LogP contribution >= 0.6 is 0 Å². The monoisotopic (exact) mass is 274 g/mol. The summed E-state index contributed by atoms with van der Waals surface area (Å²) in [6.07, 6.45) is 3.36. The lowest BCUT2D eigenvalue weighted by Crippen LogP contribution is -2.39. The molecular formula is C16H22N2O2. The highest BCUT2D eigenvalue weighted by Gasteiger charge is 2.36. The van der Waals surface area contributed by atoms with E-state index in [1.165, 1.54) is 12.8 Å². The Morgan fingerprint density at radius 2 is 1.95 bits per heavy atom. The van der Waals surface area contributed by atoms with Crippen LogP contribution in [0.3, 0.4) is 0 Å². The number of ether oxygens (including phenoxy) is 1. The number of fused-ring (bicyclic) bond motifs is 2. The van der Waals surface area contributed by atoms with Gasteiger partial charge in [0.25, 0.3) is 0 Å². The Morgan fingerprint density at radius 3 is 2.75 bits per heavy atom. The second-order valence-electron chi connectivity index (χ2n) is 5.83. The molecule has 108 valence electrons. The molecule has 2 aliphatic rings. The Morgan fingerprint density at radius 1 is 1.20 bits per heavy atom. The number of likely N-dealkylation sites (N-methyl/N-ethyl adjacent to an activating group) is 1. The van der Waals surface area contributed by atoms with Gasteiger partial charge in [-0.05, 0) is 31.9 Å². The number of hydrogen-bond donors (Lipinski definition) is 0. The van der Waals surface area contributed by atoms with Crippen LogP contribution < -0.4 is 0 Å². The molecule has 2 saturated heterocycles. The molecule has 20 heavy (non-hydrogen) atoms. The van der Waals surface area contributed by atoms with Crippen molar-refractivity contribution in [1.29, 1.82) is 0 Å². The molecule has 2 atom stereocenters. The Labute approximate surface area is 120 Å². The van der Waals surface area contributed by atoms with E-state index >= 15 is 0 Å². The van der Waals surface area contributed by atoms with Crippen molar-refractivity contribution in [2.24, 2.45) is 0 Å². The predicted octanol–water partition coefficient (Wildman–Crippen LogP) is 2.49. The highest BCUT2D eigenvalue weighted by atomic mass is 16.6. The maximum atomic E-state index is 12.2. The SMILES string of the molecule is CN1C2CCC1CN(C(=O)OCc1ccccc1)CC2. The van der Waals surface area contributed by atoms with Gasteiger partial charge in [-0.2, -0.15) is 0 Å². The number of carbonyl (C=O) groups excluding carboxylic acids is 1. The number of rotatable bonds is 2. The quantitative estimate of drug-likeness (QED) is 0.830. The average molecular weight is 274 g/mol. The topological polar surface area (TPSA) is 32.8 Å². The van der Waals surface area contributed by atoms with Crippen LogP contribution in [0.4, 0.5) is 4.79 Å². The molecule has 0 aliphatic carbocycles. The van der Waals surface area contributed by atoms with E-state index < -0.39 is 0 Å². The van der Waals surface area contributed by atoms with Crippen LogP contribution in [0.2, 0.25) is 0 Å². The van der Waals surface area contributed by atoms with Crippen LogP contribution in [0.5, 0.6) is 0 Å². The van der Waals surface area contributed by atoms with Gasteiger partial charge in [0.05, 0.1) is 0 Å². The molecule has 2 heterocycles. The molecule has 2 unspecified atom stereocenters. The van der Waals surface area contributed by atoms with Gasteiger partial charge in [0.15, 0.2) is 0 Å². The van der Waals surface area contributed by atoms with Crippen molar-refractivity contribution in [3.05, 3.63) is 35.9 Å². The van der Waals surface area contributed by atoms with Crippen molar-refractivity contribution in [3.8, 4) is 0 Å². The number of carbonyl (C=O) groups is 1. The zero-order valence-electron chi connectivity index (χ0n) is 12.0. The lowest BCUT2D eigenvalue weighted by atomic mass is 10.1. The Kier molecular flexibility index (Phi) is 3.92. The van der Waals surface area contributed by atoms with Crippen LogP contribution in [0, 0.1) is 0 Å². The van der Waals surface area contributed by atoms with E-state index in [2.05, 4.69) is 11.9 Å². The number of benzene rings is 1. The van der Waals surface area contributed by atoms with Crippen molar-refractivity contribution in [2.45, 2.75) is 38.0 Å². The van der Waals surface area contributed by atoms with E-state index in [1.54, 1.807) is 0 Å². The molecule has 0 aromatic heterocycles. The predicted molar refractivity (Wildman–Crippen MR) is 77.4 cm³/mol. The van der Waals surface area contributed by atoms with Gasteiger partial charge in [-0.25, -0.2) is 4.79 Å². The van der Waals surface area contributed by atoms with E-state index in [9.17, 15) is 4.79 Å². The molecule has 2 bridgehead atoms. The van der Waals surface area contributed by atoms with Gasteiger partial charge in [-0.1, -0.05) is 30.3 Å². The number of hydrogen-bond acceptors (Lipinski definition) is 3.